The minimum Gasteiger partial charge on any atom is -0.320 e. The van der Waals surface area contributed by atoms with Crippen LogP contribution in [0.4, 0.5) is 10.1 Å². The molecule has 0 saturated heterocycles. The van der Waals surface area contributed by atoms with E-state index in [-0.39, 0.29) is 10.6 Å². The van der Waals surface area contributed by atoms with Crippen LogP contribution < -0.4 is 10.0 Å². The van der Waals surface area contributed by atoms with E-state index in [4.69, 9.17) is 0 Å². The maximum atomic E-state index is 13.6. The summed E-state index contributed by atoms with van der Waals surface area (Å²) < 4.78 is 39.6. The predicted octanol–water partition coefficient (Wildman–Crippen LogP) is 3.15. The fourth-order valence-corrected chi connectivity index (χ4v) is 2.88. The van der Waals surface area contributed by atoms with E-state index < -0.39 is 21.7 Å². The van der Waals surface area contributed by atoms with Crippen LogP contribution in [0.5, 0.6) is 0 Å². The van der Waals surface area contributed by atoms with Gasteiger partial charge in [-0.05, 0) is 49.0 Å². The first-order valence-electron chi connectivity index (χ1n) is 6.79. The highest BCUT2D eigenvalue weighted by atomic mass is 79.9. The molecule has 8 heteroatoms. The van der Waals surface area contributed by atoms with Gasteiger partial charge in [-0.15, -0.1) is 0 Å². The molecule has 0 aliphatic rings. The van der Waals surface area contributed by atoms with E-state index in [2.05, 4.69) is 26.0 Å². The number of sulfonamides is 1. The maximum Gasteiger partial charge on any atom is 0.248 e. The minimum absolute atomic E-state index is 0.0725. The first-order valence-corrected chi connectivity index (χ1v) is 9.07. The number of amides is 1. The van der Waals surface area contributed by atoms with Gasteiger partial charge >= 0.3 is 0 Å². The van der Waals surface area contributed by atoms with Crippen molar-refractivity contribution in [2.45, 2.75) is 4.90 Å². The van der Waals surface area contributed by atoms with Gasteiger partial charge in [-0.25, -0.2) is 17.5 Å². The molecule has 2 N–H and O–H groups in total. The first kappa shape index (κ1) is 18.3. The Morgan fingerprint density at radius 1 is 1.17 bits per heavy atom. The molecule has 2 aromatic rings. The SMILES string of the molecule is CNS(=O)(=O)c1ccc(/C=C/C(=O)Nc2ccc(Br)cc2F)cc1. The van der Waals surface area contributed by atoms with Gasteiger partial charge in [0.1, 0.15) is 5.82 Å². The fraction of sp³-hybridized carbons (Fsp3) is 0.0625. The second kappa shape index (κ2) is 7.69. The lowest BCUT2D eigenvalue weighted by Gasteiger charge is -2.04. The summed E-state index contributed by atoms with van der Waals surface area (Å²) in [6, 6.07) is 10.3. The van der Waals surface area contributed by atoms with Gasteiger partial charge in [-0.3, -0.25) is 4.79 Å². The normalized spacial score (nSPS) is 11.6. The molecule has 0 bridgehead atoms. The van der Waals surface area contributed by atoms with Crippen LogP contribution in [-0.4, -0.2) is 21.4 Å². The molecule has 0 radical (unpaired) electrons. The third-order valence-electron chi connectivity index (χ3n) is 3.08. The van der Waals surface area contributed by atoms with Gasteiger partial charge in [0.15, 0.2) is 0 Å². The Labute approximate surface area is 147 Å². The zero-order valence-corrected chi connectivity index (χ0v) is 15.0. The second-order valence-electron chi connectivity index (χ2n) is 4.72. The summed E-state index contributed by atoms with van der Waals surface area (Å²) in [4.78, 5) is 11.9. The van der Waals surface area contributed by atoms with Gasteiger partial charge in [0.25, 0.3) is 0 Å². The standard InChI is InChI=1S/C16H14BrFN2O3S/c1-19-24(22,23)13-6-2-11(3-7-13)4-9-16(21)20-15-8-5-12(17)10-14(15)18/h2-10,19H,1H3,(H,20,21)/b9-4+. The van der Waals surface area contributed by atoms with Crippen molar-refractivity contribution in [3.05, 3.63) is 64.4 Å². The van der Waals surface area contributed by atoms with E-state index in [1.165, 1.54) is 43.5 Å². The number of anilines is 1. The quantitative estimate of drug-likeness (QED) is 0.740. The van der Waals surface area contributed by atoms with Crippen molar-refractivity contribution in [3.63, 3.8) is 0 Å². The highest BCUT2D eigenvalue weighted by molar-refractivity contribution is 9.10. The number of benzene rings is 2. The van der Waals surface area contributed by atoms with Gasteiger partial charge in [0, 0.05) is 10.5 Å². The van der Waals surface area contributed by atoms with Crippen molar-refractivity contribution < 1.29 is 17.6 Å². The highest BCUT2D eigenvalue weighted by Gasteiger charge is 2.10. The molecule has 2 rings (SSSR count). The van der Waals surface area contributed by atoms with Gasteiger partial charge < -0.3 is 5.32 Å². The number of hydrogen-bond donors (Lipinski definition) is 2. The van der Waals surface area contributed by atoms with Crippen molar-refractivity contribution in [1.82, 2.24) is 4.72 Å². The molecule has 0 fully saturated rings. The van der Waals surface area contributed by atoms with Gasteiger partial charge in [0.05, 0.1) is 10.6 Å². The van der Waals surface area contributed by atoms with Crippen LogP contribution in [0.2, 0.25) is 0 Å². The summed E-state index contributed by atoms with van der Waals surface area (Å²) in [7, 11) is -2.17. The zero-order chi connectivity index (χ0) is 17.7. The minimum atomic E-state index is -3.49. The Hall–Kier alpha value is -2.03. The van der Waals surface area contributed by atoms with E-state index >= 15 is 0 Å². The molecule has 0 atom stereocenters. The summed E-state index contributed by atoms with van der Waals surface area (Å²) in [5, 5.41) is 2.42. The smallest absolute Gasteiger partial charge is 0.248 e. The molecule has 126 valence electrons. The van der Waals surface area contributed by atoms with Crippen LogP contribution >= 0.6 is 15.9 Å². The molecule has 0 aliphatic heterocycles. The Morgan fingerprint density at radius 3 is 2.42 bits per heavy atom. The van der Waals surface area contributed by atoms with Gasteiger partial charge in [0.2, 0.25) is 15.9 Å². The van der Waals surface area contributed by atoms with Crippen LogP contribution in [0.1, 0.15) is 5.56 Å². The molecule has 24 heavy (non-hydrogen) atoms. The van der Waals surface area contributed by atoms with Crippen molar-refractivity contribution in [2.24, 2.45) is 0 Å². The van der Waals surface area contributed by atoms with Gasteiger partial charge in [-0.2, -0.15) is 0 Å². The lowest BCUT2D eigenvalue weighted by atomic mass is 10.2. The fourth-order valence-electron chi connectivity index (χ4n) is 1.81. The Bertz CT molecular complexity index is 881. The number of carbonyl (C=O) groups excluding carboxylic acids is 1. The molecule has 0 spiro atoms. The summed E-state index contributed by atoms with van der Waals surface area (Å²) in [5.41, 5.74) is 0.708. The van der Waals surface area contributed by atoms with Crippen LogP contribution in [0.25, 0.3) is 6.08 Å². The molecule has 2 aromatic carbocycles. The Morgan fingerprint density at radius 2 is 1.83 bits per heavy atom. The van der Waals surface area contributed by atoms with E-state index in [1.54, 1.807) is 18.2 Å². The third kappa shape index (κ3) is 4.73. The number of rotatable bonds is 5. The van der Waals surface area contributed by atoms with E-state index in [0.717, 1.165) is 0 Å². The molecule has 0 aromatic heterocycles. The summed E-state index contributed by atoms with van der Waals surface area (Å²) in [5.74, 6) is -1.05. The predicted molar refractivity (Wildman–Crippen MR) is 94.5 cm³/mol. The van der Waals surface area contributed by atoms with Crippen molar-refractivity contribution in [1.29, 1.82) is 0 Å². The molecule has 1 amide bonds. The second-order valence-corrected chi connectivity index (χ2v) is 7.53. The van der Waals surface area contributed by atoms with E-state index in [1.807, 2.05) is 0 Å². The molecule has 0 heterocycles. The maximum absolute atomic E-state index is 13.6. The molecule has 0 aliphatic carbocycles. The van der Waals surface area contributed by atoms with Crippen molar-refractivity contribution in [2.75, 3.05) is 12.4 Å². The van der Waals surface area contributed by atoms with Gasteiger partial charge in [-0.1, -0.05) is 28.1 Å². The zero-order valence-electron chi connectivity index (χ0n) is 12.6. The molecular formula is C16H14BrFN2O3S. The summed E-state index contributed by atoms with van der Waals surface area (Å²) in [6.45, 7) is 0. The average Bonchev–Trinajstić information content (AvgIpc) is 2.56. The van der Waals surface area contributed by atoms with E-state index in [9.17, 15) is 17.6 Å². The van der Waals surface area contributed by atoms with Crippen LogP contribution in [-0.2, 0) is 14.8 Å². The van der Waals surface area contributed by atoms with Crippen molar-refractivity contribution >= 4 is 43.6 Å². The van der Waals surface area contributed by atoms with Crippen molar-refractivity contribution in [3.8, 4) is 0 Å². The van der Waals surface area contributed by atoms with Crippen LogP contribution in [0.3, 0.4) is 0 Å². The topological polar surface area (TPSA) is 75.3 Å². The third-order valence-corrected chi connectivity index (χ3v) is 5.00. The highest BCUT2D eigenvalue weighted by Crippen LogP contribution is 2.19. The largest absolute Gasteiger partial charge is 0.320 e. The number of halogens is 2. The monoisotopic (exact) mass is 412 g/mol. The summed E-state index contributed by atoms with van der Waals surface area (Å²) in [6.07, 6.45) is 2.74. The average molecular weight is 413 g/mol. The number of carbonyl (C=O) groups is 1. The molecule has 0 unspecified atom stereocenters. The lowest BCUT2D eigenvalue weighted by molar-refractivity contribution is -0.111. The molecular weight excluding hydrogens is 399 g/mol. The van der Waals surface area contributed by atoms with E-state index in [0.29, 0.717) is 10.0 Å². The van der Waals surface area contributed by atoms with Crippen LogP contribution in [0, 0.1) is 5.82 Å². The molecule has 0 saturated carbocycles. The molecule has 5 nitrogen and oxygen atoms in total. The number of hydrogen-bond acceptors (Lipinski definition) is 3. The lowest BCUT2D eigenvalue weighted by Crippen LogP contribution is -2.18. The summed E-state index contributed by atoms with van der Waals surface area (Å²) >= 11 is 3.13. The Kier molecular flexibility index (Phi) is 5.87. The Balaban J connectivity index is 2.06. The number of nitrogens with one attached hydrogen (secondary N) is 2. The van der Waals surface area contributed by atoms with Crippen LogP contribution in [0.15, 0.2) is 57.9 Å². The first-order chi connectivity index (χ1) is 11.3.